The number of amides is 1. The van der Waals surface area contributed by atoms with Gasteiger partial charge in [-0.05, 0) is 18.2 Å². The van der Waals surface area contributed by atoms with Crippen molar-refractivity contribution in [2.75, 3.05) is 37.4 Å². The third-order valence-electron chi connectivity index (χ3n) is 3.33. The van der Waals surface area contributed by atoms with Crippen LogP contribution in [0.25, 0.3) is 0 Å². The monoisotopic (exact) mass is 353 g/mol. The number of carbonyl (C=O) groups excluding carboxylic acids is 1. The molecule has 0 fully saturated rings. The number of anilines is 2. The lowest BCUT2D eigenvalue weighted by Crippen LogP contribution is -2.29. The average molecular weight is 353 g/mol. The van der Waals surface area contributed by atoms with Crippen LogP contribution in [0.1, 0.15) is 15.9 Å². The van der Waals surface area contributed by atoms with Crippen molar-refractivity contribution in [1.29, 1.82) is 0 Å². The number of nitrogens with one attached hydrogen (secondary N) is 2. The van der Waals surface area contributed by atoms with Crippen molar-refractivity contribution in [1.82, 2.24) is 15.5 Å². The Morgan fingerprint density at radius 3 is 2.64 bits per heavy atom. The predicted molar refractivity (Wildman–Crippen MR) is 88.6 cm³/mol. The van der Waals surface area contributed by atoms with Crippen molar-refractivity contribution < 1.29 is 18.0 Å². The van der Waals surface area contributed by atoms with Crippen molar-refractivity contribution in [3.8, 4) is 0 Å². The molecule has 0 atom stereocenters. The topological polar surface area (TPSA) is 70.2 Å². The number of nitrogens with zero attached hydrogens (tertiary/aromatic N) is 3. The first-order valence-corrected chi connectivity index (χ1v) is 7.47. The van der Waals surface area contributed by atoms with Gasteiger partial charge in [0.15, 0.2) is 5.82 Å². The first-order valence-electron chi connectivity index (χ1n) is 7.47. The van der Waals surface area contributed by atoms with Gasteiger partial charge < -0.3 is 15.5 Å². The molecule has 0 unspecified atom stereocenters. The van der Waals surface area contributed by atoms with Crippen LogP contribution in [-0.2, 0) is 6.18 Å². The van der Waals surface area contributed by atoms with Crippen LogP contribution >= 0.6 is 0 Å². The summed E-state index contributed by atoms with van der Waals surface area (Å²) in [5, 5.41) is 13.3. The molecule has 2 rings (SSSR count). The molecular formula is C16H18F3N5O. The van der Waals surface area contributed by atoms with Crippen LogP contribution < -0.4 is 15.5 Å². The van der Waals surface area contributed by atoms with Crippen LogP contribution in [0.3, 0.4) is 0 Å². The van der Waals surface area contributed by atoms with Gasteiger partial charge in [0, 0.05) is 38.8 Å². The average Bonchev–Trinajstić information content (AvgIpc) is 2.58. The van der Waals surface area contributed by atoms with Crippen molar-refractivity contribution >= 4 is 17.4 Å². The minimum absolute atomic E-state index is 0.0378. The zero-order valence-corrected chi connectivity index (χ0v) is 13.8. The molecule has 0 spiro atoms. The Balaban J connectivity index is 1.86. The second-order valence-electron chi connectivity index (χ2n) is 5.45. The lowest BCUT2D eigenvalue weighted by Gasteiger charge is -2.13. The van der Waals surface area contributed by atoms with Gasteiger partial charge in [-0.3, -0.25) is 4.79 Å². The first-order chi connectivity index (χ1) is 11.8. The molecule has 1 amide bonds. The molecule has 2 N–H and O–H groups in total. The lowest BCUT2D eigenvalue weighted by molar-refractivity contribution is -0.137. The molecule has 0 aliphatic heterocycles. The van der Waals surface area contributed by atoms with Crippen molar-refractivity contribution in [3.63, 3.8) is 0 Å². The van der Waals surface area contributed by atoms with Crippen molar-refractivity contribution in [2.45, 2.75) is 6.18 Å². The lowest BCUT2D eigenvalue weighted by atomic mass is 10.1. The van der Waals surface area contributed by atoms with Gasteiger partial charge in [0.2, 0.25) is 0 Å². The zero-order valence-electron chi connectivity index (χ0n) is 13.8. The van der Waals surface area contributed by atoms with Gasteiger partial charge in [-0.25, -0.2) is 0 Å². The Morgan fingerprint density at radius 1 is 1.20 bits per heavy atom. The summed E-state index contributed by atoms with van der Waals surface area (Å²) >= 11 is 0. The SMILES string of the molecule is CN(C)c1cnnc(NCCNC(=O)c2cccc(C(F)(F)F)c2)c1. The van der Waals surface area contributed by atoms with Crippen molar-refractivity contribution in [2.24, 2.45) is 0 Å². The van der Waals surface area contributed by atoms with Gasteiger partial charge in [-0.2, -0.15) is 18.3 Å². The highest BCUT2D eigenvalue weighted by atomic mass is 19.4. The van der Waals surface area contributed by atoms with E-state index >= 15 is 0 Å². The van der Waals surface area contributed by atoms with E-state index in [1.807, 2.05) is 19.0 Å². The molecule has 9 heteroatoms. The first kappa shape index (κ1) is 18.5. The van der Waals surface area contributed by atoms with Crippen LogP contribution in [0.4, 0.5) is 24.7 Å². The van der Waals surface area contributed by atoms with Crippen LogP contribution in [-0.4, -0.2) is 43.3 Å². The van der Waals surface area contributed by atoms with Gasteiger partial charge in [0.1, 0.15) is 0 Å². The minimum Gasteiger partial charge on any atom is -0.376 e. The maximum atomic E-state index is 12.7. The quantitative estimate of drug-likeness (QED) is 0.781. The van der Waals surface area contributed by atoms with E-state index < -0.39 is 17.6 Å². The maximum absolute atomic E-state index is 12.7. The summed E-state index contributed by atoms with van der Waals surface area (Å²) in [7, 11) is 3.74. The van der Waals surface area contributed by atoms with Gasteiger partial charge in [-0.1, -0.05) is 6.07 Å². The highest BCUT2D eigenvalue weighted by molar-refractivity contribution is 5.94. The smallest absolute Gasteiger partial charge is 0.376 e. The molecule has 134 valence electrons. The van der Waals surface area contributed by atoms with E-state index in [0.29, 0.717) is 12.4 Å². The number of alkyl halides is 3. The molecule has 0 radical (unpaired) electrons. The van der Waals surface area contributed by atoms with E-state index in [9.17, 15) is 18.0 Å². The summed E-state index contributed by atoms with van der Waals surface area (Å²) in [5.41, 5.74) is -0.0243. The van der Waals surface area contributed by atoms with E-state index in [0.717, 1.165) is 17.8 Å². The third-order valence-corrected chi connectivity index (χ3v) is 3.33. The number of rotatable bonds is 6. The van der Waals surface area contributed by atoms with Crippen LogP contribution in [0.5, 0.6) is 0 Å². The van der Waals surface area contributed by atoms with Crippen LogP contribution in [0.2, 0.25) is 0 Å². The summed E-state index contributed by atoms with van der Waals surface area (Å²) in [4.78, 5) is 13.8. The molecule has 0 saturated carbocycles. The molecule has 1 aromatic heterocycles. The van der Waals surface area contributed by atoms with Gasteiger partial charge in [0.05, 0.1) is 17.4 Å². The number of halogens is 3. The largest absolute Gasteiger partial charge is 0.416 e. The molecule has 0 aliphatic rings. The predicted octanol–water partition coefficient (Wildman–Crippen LogP) is 2.40. The fourth-order valence-corrected chi connectivity index (χ4v) is 1.99. The summed E-state index contributed by atoms with van der Waals surface area (Å²) < 4.78 is 38.0. The Labute approximate surface area is 143 Å². The van der Waals surface area contributed by atoms with E-state index in [1.165, 1.54) is 12.1 Å². The number of hydrogen-bond donors (Lipinski definition) is 2. The minimum atomic E-state index is -4.48. The Hall–Kier alpha value is -2.84. The Morgan fingerprint density at radius 2 is 1.96 bits per heavy atom. The molecule has 1 heterocycles. The summed E-state index contributed by atoms with van der Waals surface area (Å²) in [5.74, 6) is -0.0273. The molecular weight excluding hydrogens is 335 g/mol. The Bertz CT molecular complexity index is 734. The number of aromatic nitrogens is 2. The summed E-state index contributed by atoms with van der Waals surface area (Å²) in [6.45, 7) is 0.583. The molecule has 0 saturated heterocycles. The van der Waals surface area contributed by atoms with Gasteiger partial charge in [0.25, 0.3) is 5.91 Å². The third kappa shape index (κ3) is 5.33. The normalized spacial score (nSPS) is 11.1. The van der Waals surface area contributed by atoms with Gasteiger partial charge >= 0.3 is 6.18 Å². The highest BCUT2D eigenvalue weighted by Gasteiger charge is 2.30. The van der Waals surface area contributed by atoms with E-state index in [2.05, 4.69) is 20.8 Å². The second kappa shape index (κ2) is 7.82. The summed E-state index contributed by atoms with van der Waals surface area (Å²) in [6, 6.07) is 6.09. The van der Waals surface area contributed by atoms with Crippen molar-refractivity contribution in [3.05, 3.63) is 47.7 Å². The molecule has 0 bridgehead atoms. The molecule has 0 aliphatic carbocycles. The second-order valence-corrected chi connectivity index (χ2v) is 5.45. The zero-order chi connectivity index (χ0) is 18.4. The van der Waals surface area contributed by atoms with E-state index in [1.54, 1.807) is 12.3 Å². The molecule has 6 nitrogen and oxygen atoms in total. The highest BCUT2D eigenvalue weighted by Crippen LogP contribution is 2.29. The van der Waals surface area contributed by atoms with Gasteiger partial charge in [-0.15, -0.1) is 5.10 Å². The molecule has 2 aromatic rings. The fraction of sp³-hybridized carbons (Fsp3) is 0.312. The molecule has 1 aromatic carbocycles. The Kier molecular flexibility index (Phi) is 5.79. The standard InChI is InChI=1S/C16H18F3N5O/c1-24(2)13-9-14(23-22-10-13)20-6-7-21-15(25)11-4-3-5-12(8-11)16(17,18)19/h3-5,8-10H,6-7H2,1-2H3,(H,20,23)(H,21,25). The van der Waals surface area contributed by atoms with Crippen LogP contribution in [0, 0.1) is 0 Å². The number of benzene rings is 1. The maximum Gasteiger partial charge on any atom is 0.416 e. The number of hydrogen-bond acceptors (Lipinski definition) is 5. The van der Waals surface area contributed by atoms with Crippen LogP contribution in [0.15, 0.2) is 36.5 Å². The molecule has 25 heavy (non-hydrogen) atoms. The summed E-state index contributed by atoms with van der Waals surface area (Å²) in [6.07, 6.45) is -2.87. The fourth-order valence-electron chi connectivity index (χ4n) is 1.99. The number of carbonyl (C=O) groups is 1. The van der Waals surface area contributed by atoms with E-state index in [-0.39, 0.29) is 12.1 Å². The van der Waals surface area contributed by atoms with E-state index in [4.69, 9.17) is 0 Å².